The Hall–Kier alpha value is -0.880. The molecule has 0 aliphatic heterocycles. The molecule has 0 saturated carbocycles. The Morgan fingerprint density at radius 3 is 2.53 bits per heavy atom. The maximum Gasteiger partial charge on any atom is 0.330 e. The predicted molar refractivity (Wildman–Crippen MR) is 55.8 cm³/mol. The van der Waals surface area contributed by atoms with E-state index in [4.69, 9.17) is 0 Å². The first-order valence-electron chi connectivity index (χ1n) is 4.54. The van der Waals surface area contributed by atoms with Crippen molar-refractivity contribution in [2.24, 2.45) is 0 Å². The summed E-state index contributed by atoms with van der Waals surface area (Å²) in [6, 6.07) is 0. The summed E-state index contributed by atoms with van der Waals surface area (Å²) in [6.07, 6.45) is 6.15. The molecule has 0 rings (SSSR count). The molecule has 0 unspecified atom stereocenters. The summed E-state index contributed by atoms with van der Waals surface area (Å²) in [5.41, 5.74) is 0. The first kappa shape index (κ1) is 14.1. The van der Waals surface area contributed by atoms with E-state index in [1.54, 1.807) is 6.08 Å². The largest absolute Gasteiger partial charge is 0.466 e. The van der Waals surface area contributed by atoms with Crippen molar-refractivity contribution in [3.63, 3.8) is 0 Å². The second-order valence-electron chi connectivity index (χ2n) is 2.95. The lowest BCUT2D eigenvalue weighted by Crippen LogP contribution is -2.03. The summed E-state index contributed by atoms with van der Waals surface area (Å²) in [7, 11) is -2.01. The van der Waals surface area contributed by atoms with E-state index in [-0.39, 0.29) is 12.6 Å². The molecule has 0 aromatic carbocycles. The van der Waals surface area contributed by atoms with Crippen molar-refractivity contribution in [3.8, 4) is 0 Å². The van der Waals surface area contributed by atoms with Crippen LogP contribution in [0, 0.1) is 0 Å². The van der Waals surface area contributed by atoms with E-state index in [0.717, 1.165) is 12.7 Å². The minimum atomic E-state index is -3.33. The molecule has 0 radical (unpaired) electrons. The van der Waals surface area contributed by atoms with Gasteiger partial charge in [-0.1, -0.05) is 6.08 Å². The van der Waals surface area contributed by atoms with Gasteiger partial charge in [-0.2, -0.15) is 8.42 Å². The Balaban J connectivity index is 3.41. The van der Waals surface area contributed by atoms with E-state index in [1.807, 2.05) is 0 Å². The average molecular weight is 236 g/mol. The van der Waals surface area contributed by atoms with Gasteiger partial charge < -0.3 is 4.74 Å². The van der Waals surface area contributed by atoms with Crippen molar-refractivity contribution < 1.29 is 22.1 Å². The van der Waals surface area contributed by atoms with Crippen LogP contribution in [0.1, 0.15) is 19.3 Å². The van der Waals surface area contributed by atoms with Gasteiger partial charge in [-0.05, 0) is 19.3 Å². The molecule has 5 nitrogen and oxygen atoms in total. The summed E-state index contributed by atoms with van der Waals surface area (Å²) in [6.45, 7) is 0.185. The molecule has 88 valence electrons. The molecule has 0 saturated heterocycles. The summed E-state index contributed by atoms with van der Waals surface area (Å²) >= 11 is 0. The van der Waals surface area contributed by atoms with Gasteiger partial charge in [0, 0.05) is 6.08 Å². The highest BCUT2D eigenvalue weighted by Gasteiger charge is 1.99. The van der Waals surface area contributed by atoms with Crippen LogP contribution in [0.25, 0.3) is 0 Å². The van der Waals surface area contributed by atoms with Gasteiger partial charge in [-0.25, -0.2) is 4.79 Å². The minimum Gasteiger partial charge on any atom is -0.466 e. The fourth-order valence-corrected chi connectivity index (χ4v) is 1.24. The molecule has 0 bridgehead atoms. The van der Waals surface area contributed by atoms with Gasteiger partial charge in [0.25, 0.3) is 10.1 Å². The number of unbranched alkanes of at least 4 members (excludes halogenated alkanes) is 2. The molecule has 0 aliphatic rings. The number of esters is 1. The second-order valence-corrected chi connectivity index (χ2v) is 4.59. The third kappa shape index (κ3) is 11.0. The minimum absolute atomic E-state index is 0.185. The molecule has 0 amide bonds. The van der Waals surface area contributed by atoms with Crippen LogP contribution in [0.5, 0.6) is 0 Å². The zero-order valence-corrected chi connectivity index (χ0v) is 9.75. The highest BCUT2D eigenvalue weighted by Crippen LogP contribution is 1.99. The van der Waals surface area contributed by atoms with Gasteiger partial charge in [-0.3, -0.25) is 4.18 Å². The van der Waals surface area contributed by atoms with E-state index in [2.05, 4.69) is 8.92 Å². The van der Waals surface area contributed by atoms with Crippen LogP contribution in [0.4, 0.5) is 0 Å². The van der Waals surface area contributed by atoms with Crippen LogP contribution in [0.2, 0.25) is 0 Å². The van der Waals surface area contributed by atoms with E-state index >= 15 is 0 Å². The van der Waals surface area contributed by atoms with Crippen LogP contribution < -0.4 is 0 Å². The summed E-state index contributed by atoms with van der Waals surface area (Å²) in [5, 5.41) is 0. The third-order valence-electron chi connectivity index (χ3n) is 1.52. The van der Waals surface area contributed by atoms with E-state index in [0.29, 0.717) is 12.8 Å². The number of hydrogen-bond acceptors (Lipinski definition) is 5. The van der Waals surface area contributed by atoms with E-state index in [1.165, 1.54) is 13.2 Å². The Morgan fingerprint density at radius 2 is 2.00 bits per heavy atom. The monoisotopic (exact) mass is 236 g/mol. The van der Waals surface area contributed by atoms with Crippen LogP contribution in [0.3, 0.4) is 0 Å². The highest BCUT2D eigenvalue weighted by molar-refractivity contribution is 7.85. The number of carbonyl (C=O) groups excluding carboxylic acids is 1. The molecule has 0 aromatic heterocycles. The fraction of sp³-hybridized carbons (Fsp3) is 0.667. The lowest BCUT2D eigenvalue weighted by molar-refractivity contribution is -0.134. The first-order chi connectivity index (χ1) is 6.95. The average Bonchev–Trinajstić information content (AvgIpc) is 2.14. The zero-order chi connectivity index (χ0) is 11.7. The Bertz CT molecular complexity index is 304. The summed E-state index contributed by atoms with van der Waals surface area (Å²) in [4.78, 5) is 10.6. The number of hydrogen-bond donors (Lipinski definition) is 0. The Morgan fingerprint density at radius 1 is 1.33 bits per heavy atom. The molecular weight excluding hydrogens is 220 g/mol. The van der Waals surface area contributed by atoms with Crippen LogP contribution in [-0.2, 0) is 23.8 Å². The smallest absolute Gasteiger partial charge is 0.330 e. The van der Waals surface area contributed by atoms with Crippen molar-refractivity contribution in [2.75, 3.05) is 20.0 Å². The Labute approximate surface area is 90.2 Å². The third-order valence-corrected chi connectivity index (χ3v) is 2.11. The van der Waals surface area contributed by atoms with Crippen LogP contribution in [0.15, 0.2) is 12.2 Å². The molecule has 15 heavy (non-hydrogen) atoms. The Kier molecular flexibility index (Phi) is 6.98. The van der Waals surface area contributed by atoms with Gasteiger partial charge >= 0.3 is 5.97 Å². The topological polar surface area (TPSA) is 69.7 Å². The number of ether oxygens (including phenoxy) is 1. The van der Waals surface area contributed by atoms with Gasteiger partial charge in [0.15, 0.2) is 0 Å². The molecule has 0 aromatic rings. The van der Waals surface area contributed by atoms with Crippen molar-refractivity contribution in [3.05, 3.63) is 12.2 Å². The number of rotatable bonds is 7. The SMILES string of the molecule is COC(=O)C=CCCCCOS(C)(=O)=O. The predicted octanol–water partition coefficient (Wildman–Crippen LogP) is 0.862. The molecule has 0 heterocycles. The lowest BCUT2D eigenvalue weighted by Gasteiger charge is -1.99. The molecule has 6 heteroatoms. The molecule has 0 fully saturated rings. The normalized spacial score (nSPS) is 11.9. The zero-order valence-electron chi connectivity index (χ0n) is 8.93. The summed E-state index contributed by atoms with van der Waals surface area (Å²) < 4.78 is 30.0. The quantitative estimate of drug-likeness (QED) is 0.284. The van der Waals surface area contributed by atoms with Crippen LogP contribution >= 0.6 is 0 Å². The molecule has 0 aliphatic carbocycles. The summed E-state index contributed by atoms with van der Waals surface area (Å²) in [5.74, 6) is -0.387. The van der Waals surface area contributed by atoms with Crippen molar-refractivity contribution in [1.82, 2.24) is 0 Å². The van der Waals surface area contributed by atoms with Crippen LogP contribution in [-0.4, -0.2) is 34.4 Å². The van der Waals surface area contributed by atoms with Crippen molar-refractivity contribution in [1.29, 1.82) is 0 Å². The maximum atomic E-state index is 10.6. The number of methoxy groups -OCH3 is 1. The standard InChI is InChI=1S/C9H16O5S/c1-13-9(10)7-5-3-4-6-8-14-15(2,11)12/h5,7H,3-4,6,8H2,1-2H3. The molecular formula is C9H16O5S. The first-order valence-corrected chi connectivity index (χ1v) is 6.36. The van der Waals surface area contributed by atoms with Gasteiger partial charge in [0.1, 0.15) is 0 Å². The number of allylic oxidation sites excluding steroid dienone is 1. The van der Waals surface area contributed by atoms with E-state index < -0.39 is 10.1 Å². The number of carbonyl (C=O) groups is 1. The molecule has 0 spiro atoms. The van der Waals surface area contributed by atoms with Gasteiger partial charge in [-0.15, -0.1) is 0 Å². The maximum absolute atomic E-state index is 10.6. The second kappa shape index (κ2) is 7.42. The lowest BCUT2D eigenvalue weighted by atomic mass is 10.2. The molecule has 0 atom stereocenters. The van der Waals surface area contributed by atoms with Gasteiger partial charge in [0.05, 0.1) is 20.0 Å². The highest BCUT2D eigenvalue weighted by atomic mass is 32.2. The van der Waals surface area contributed by atoms with Crippen molar-refractivity contribution >= 4 is 16.1 Å². The van der Waals surface area contributed by atoms with Gasteiger partial charge in [0.2, 0.25) is 0 Å². The molecule has 0 N–H and O–H groups in total. The fourth-order valence-electron chi connectivity index (χ4n) is 0.822. The van der Waals surface area contributed by atoms with Crippen molar-refractivity contribution in [2.45, 2.75) is 19.3 Å². The van der Waals surface area contributed by atoms with E-state index in [9.17, 15) is 13.2 Å².